The van der Waals surface area contributed by atoms with Crippen LogP contribution in [-0.4, -0.2) is 24.1 Å². The second kappa shape index (κ2) is 5.51. The monoisotopic (exact) mass is 234 g/mol. The topological polar surface area (TPSA) is 99.4 Å². The average molecular weight is 234 g/mol. The van der Waals surface area contributed by atoms with Gasteiger partial charge in [0.15, 0.2) is 0 Å². The zero-order valence-electron chi connectivity index (χ0n) is 9.06. The van der Waals surface area contributed by atoms with Gasteiger partial charge >= 0.3 is 5.97 Å². The molecule has 0 aliphatic rings. The predicted octanol–water partition coefficient (Wildman–Crippen LogP) is 1.25. The van der Waals surface area contributed by atoms with Gasteiger partial charge in [-0.3, -0.25) is 4.79 Å². The molecule has 0 aromatic heterocycles. The molecule has 0 radical (unpaired) electrons. The van der Waals surface area contributed by atoms with Gasteiger partial charge < -0.3 is 15.2 Å². The fraction of sp³-hybridized carbons (Fsp3) is 0.182. The van der Waals surface area contributed by atoms with Gasteiger partial charge in [0, 0.05) is 11.8 Å². The first kappa shape index (κ1) is 12.5. The molecule has 88 valence electrons. The lowest BCUT2D eigenvalue weighted by Gasteiger charge is -2.08. The second-order valence-electron chi connectivity index (χ2n) is 3.10. The molecule has 1 aromatic carbocycles. The molecule has 0 aliphatic carbocycles. The first-order chi connectivity index (χ1) is 8.08. The highest BCUT2D eigenvalue weighted by Crippen LogP contribution is 2.23. The molecule has 0 saturated heterocycles. The van der Waals surface area contributed by atoms with Gasteiger partial charge in [-0.15, -0.1) is 0 Å². The van der Waals surface area contributed by atoms with Crippen molar-refractivity contribution in [1.82, 2.24) is 0 Å². The first-order valence-electron chi connectivity index (χ1n) is 4.66. The molecule has 0 atom stereocenters. The molecule has 1 amide bonds. The van der Waals surface area contributed by atoms with Crippen molar-refractivity contribution in [2.45, 2.75) is 6.42 Å². The number of carboxylic acids is 1. The third-order valence-electron chi connectivity index (χ3n) is 1.96. The molecule has 1 rings (SSSR count). The number of carbonyl (C=O) groups is 2. The second-order valence-corrected chi connectivity index (χ2v) is 3.10. The summed E-state index contributed by atoms with van der Waals surface area (Å²) < 4.78 is 4.89. The maximum absolute atomic E-state index is 11.1. The summed E-state index contributed by atoms with van der Waals surface area (Å²) in [6.45, 7) is 0. The lowest BCUT2D eigenvalue weighted by atomic mass is 10.2. The number of carboxylic acid groups (broad SMARTS) is 1. The standard InChI is InChI=1S/C11H10N2O4/c1-17-9-6-7(13-10(14)4-5-12)2-3-8(9)11(15)16/h2-3,6H,4H2,1H3,(H,13,14)(H,15,16). The van der Waals surface area contributed by atoms with E-state index >= 15 is 0 Å². The number of carbonyl (C=O) groups excluding carboxylic acids is 1. The number of nitriles is 1. The molecule has 1 aromatic rings. The van der Waals surface area contributed by atoms with Gasteiger partial charge in [-0.05, 0) is 12.1 Å². The Bertz CT molecular complexity index is 491. The summed E-state index contributed by atoms with van der Waals surface area (Å²) in [5, 5.41) is 19.6. The van der Waals surface area contributed by atoms with Gasteiger partial charge in [0.2, 0.25) is 5.91 Å². The number of aromatic carboxylic acids is 1. The fourth-order valence-corrected chi connectivity index (χ4v) is 1.22. The van der Waals surface area contributed by atoms with Crippen molar-refractivity contribution in [3.05, 3.63) is 23.8 Å². The summed E-state index contributed by atoms with van der Waals surface area (Å²) in [5.41, 5.74) is 0.387. The van der Waals surface area contributed by atoms with Crippen LogP contribution in [0.4, 0.5) is 5.69 Å². The summed E-state index contributed by atoms with van der Waals surface area (Å²) in [5.74, 6) is -1.43. The number of hydrogen-bond acceptors (Lipinski definition) is 4. The highest BCUT2D eigenvalue weighted by molar-refractivity contribution is 5.95. The van der Waals surface area contributed by atoms with E-state index in [4.69, 9.17) is 15.1 Å². The van der Waals surface area contributed by atoms with Crippen LogP contribution in [0.15, 0.2) is 18.2 Å². The SMILES string of the molecule is COc1cc(NC(=O)CC#N)ccc1C(=O)O. The molecule has 6 nitrogen and oxygen atoms in total. The lowest BCUT2D eigenvalue weighted by Crippen LogP contribution is -2.10. The van der Waals surface area contributed by atoms with Crippen LogP contribution < -0.4 is 10.1 Å². The number of nitrogens with zero attached hydrogens (tertiary/aromatic N) is 1. The van der Waals surface area contributed by atoms with Crippen molar-refractivity contribution in [2.24, 2.45) is 0 Å². The van der Waals surface area contributed by atoms with Crippen LogP contribution in [0.5, 0.6) is 5.75 Å². The van der Waals surface area contributed by atoms with E-state index < -0.39 is 11.9 Å². The lowest BCUT2D eigenvalue weighted by molar-refractivity contribution is -0.115. The number of methoxy groups -OCH3 is 1. The van der Waals surface area contributed by atoms with Gasteiger partial charge in [-0.1, -0.05) is 0 Å². The zero-order valence-corrected chi connectivity index (χ0v) is 9.06. The summed E-state index contributed by atoms with van der Waals surface area (Å²) in [7, 11) is 1.34. The van der Waals surface area contributed by atoms with Crippen molar-refractivity contribution < 1.29 is 19.4 Å². The number of nitrogens with one attached hydrogen (secondary N) is 1. The van der Waals surface area contributed by atoms with Crippen LogP contribution in [0.25, 0.3) is 0 Å². The smallest absolute Gasteiger partial charge is 0.339 e. The first-order valence-corrected chi connectivity index (χ1v) is 4.66. The number of benzene rings is 1. The predicted molar refractivity (Wildman–Crippen MR) is 58.8 cm³/mol. The summed E-state index contributed by atoms with van der Waals surface area (Å²) in [4.78, 5) is 21.9. The van der Waals surface area contributed by atoms with Gasteiger partial charge in [0.25, 0.3) is 0 Å². The molecule has 0 heterocycles. The minimum Gasteiger partial charge on any atom is -0.496 e. The van der Waals surface area contributed by atoms with E-state index in [9.17, 15) is 9.59 Å². The van der Waals surface area contributed by atoms with Crippen molar-refractivity contribution >= 4 is 17.6 Å². The van der Waals surface area contributed by atoms with E-state index in [0.29, 0.717) is 5.69 Å². The Balaban J connectivity index is 2.94. The van der Waals surface area contributed by atoms with Crippen LogP contribution in [0.3, 0.4) is 0 Å². The molecule has 2 N–H and O–H groups in total. The van der Waals surface area contributed by atoms with E-state index in [1.807, 2.05) is 0 Å². The number of hydrogen-bond donors (Lipinski definition) is 2. The molecular formula is C11H10N2O4. The van der Waals surface area contributed by atoms with Crippen LogP contribution in [0, 0.1) is 11.3 Å². The van der Waals surface area contributed by atoms with E-state index in [0.717, 1.165) is 0 Å². The maximum atomic E-state index is 11.1. The van der Waals surface area contributed by atoms with Crippen LogP contribution >= 0.6 is 0 Å². The number of amides is 1. The van der Waals surface area contributed by atoms with Crippen molar-refractivity contribution in [3.63, 3.8) is 0 Å². The van der Waals surface area contributed by atoms with Crippen molar-refractivity contribution in [1.29, 1.82) is 5.26 Å². The van der Waals surface area contributed by atoms with E-state index in [1.54, 1.807) is 6.07 Å². The Kier molecular flexibility index (Phi) is 4.06. The molecule has 0 unspecified atom stereocenters. The Hall–Kier alpha value is -2.55. The normalized spacial score (nSPS) is 9.18. The Morgan fingerprint density at radius 1 is 1.53 bits per heavy atom. The third kappa shape index (κ3) is 3.21. The third-order valence-corrected chi connectivity index (χ3v) is 1.96. The highest BCUT2D eigenvalue weighted by Gasteiger charge is 2.12. The molecular weight excluding hydrogens is 224 g/mol. The Morgan fingerprint density at radius 2 is 2.24 bits per heavy atom. The molecule has 17 heavy (non-hydrogen) atoms. The molecule has 0 bridgehead atoms. The average Bonchev–Trinajstić information content (AvgIpc) is 2.28. The van der Waals surface area contributed by atoms with Gasteiger partial charge in [-0.2, -0.15) is 5.26 Å². The summed E-state index contributed by atoms with van der Waals surface area (Å²) in [6, 6.07) is 5.85. The molecule has 0 saturated carbocycles. The van der Waals surface area contributed by atoms with Gasteiger partial charge in [-0.25, -0.2) is 4.79 Å². The minimum absolute atomic E-state index is 0.00535. The van der Waals surface area contributed by atoms with E-state index in [1.165, 1.54) is 25.3 Å². The Labute approximate surface area is 97.4 Å². The number of anilines is 1. The van der Waals surface area contributed by atoms with Gasteiger partial charge in [0.05, 0.1) is 13.2 Å². The molecule has 6 heteroatoms. The summed E-state index contributed by atoms with van der Waals surface area (Å²) >= 11 is 0. The molecule has 0 spiro atoms. The van der Waals surface area contributed by atoms with Crippen LogP contribution in [0.2, 0.25) is 0 Å². The van der Waals surface area contributed by atoms with Gasteiger partial charge in [0.1, 0.15) is 17.7 Å². The maximum Gasteiger partial charge on any atom is 0.339 e. The van der Waals surface area contributed by atoms with E-state index in [-0.39, 0.29) is 17.7 Å². The quantitative estimate of drug-likeness (QED) is 0.816. The Morgan fingerprint density at radius 3 is 2.76 bits per heavy atom. The summed E-state index contributed by atoms with van der Waals surface area (Å²) in [6.07, 6.45) is -0.261. The zero-order chi connectivity index (χ0) is 12.8. The van der Waals surface area contributed by atoms with Crippen LogP contribution in [0.1, 0.15) is 16.8 Å². The van der Waals surface area contributed by atoms with Crippen LogP contribution in [-0.2, 0) is 4.79 Å². The highest BCUT2D eigenvalue weighted by atomic mass is 16.5. The number of rotatable bonds is 4. The van der Waals surface area contributed by atoms with Crippen molar-refractivity contribution in [2.75, 3.05) is 12.4 Å². The largest absolute Gasteiger partial charge is 0.496 e. The van der Waals surface area contributed by atoms with E-state index in [2.05, 4.69) is 5.32 Å². The minimum atomic E-state index is -1.11. The van der Waals surface area contributed by atoms with Crippen molar-refractivity contribution in [3.8, 4) is 11.8 Å². The fourth-order valence-electron chi connectivity index (χ4n) is 1.22. The molecule has 0 aliphatic heterocycles. The molecule has 0 fully saturated rings. The number of ether oxygens (including phenoxy) is 1.